The molecule has 0 spiro atoms. The molecule has 0 aromatic heterocycles. The molecule has 0 radical (unpaired) electrons. The van der Waals surface area contributed by atoms with Gasteiger partial charge < -0.3 is 10.5 Å². The number of carbonyl (C=O) groups is 2. The van der Waals surface area contributed by atoms with E-state index in [9.17, 15) is 9.59 Å². The molecule has 0 bridgehead atoms. The lowest BCUT2D eigenvalue weighted by molar-refractivity contribution is -0.141. The maximum absolute atomic E-state index is 10.1. The van der Waals surface area contributed by atoms with Crippen molar-refractivity contribution in [2.75, 3.05) is 6.61 Å². The molecule has 0 aliphatic carbocycles. The van der Waals surface area contributed by atoms with E-state index in [-0.39, 0.29) is 13.0 Å². The molecule has 0 saturated heterocycles. The van der Waals surface area contributed by atoms with Gasteiger partial charge in [-0.1, -0.05) is 0 Å². The van der Waals surface area contributed by atoms with Crippen molar-refractivity contribution in [3.05, 3.63) is 0 Å². The SMILES string of the molecule is CC(=O)OCCC(N)=O. The minimum atomic E-state index is -0.462. The topological polar surface area (TPSA) is 69.4 Å². The first-order chi connectivity index (χ1) is 4.13. The zero-order valence-corrected chi connectivity index (χ0v) is 5.22. The van der Waals surface area contributed by atoms with Crippen molar-refractivity contribution in [1.82, 2.24) is 0 Å². The fourth-order valence-corrected chi connectivity index (χ4v) is 0.295. The van der Waals surface area contributed by atoms with E-state index in [4.69, 9.17) is 5.73 Å². The summed E-state index contributed by atoms with van der Waals surface area (Å²) in [6, 6.07) is 0. The second-order valence-electron chi connectivity index (χ2n) is 1.56. The molecule has 0 aliphatic rings. The van der Waals surface area contributed by atoms with Crippen molar-refractivity contribution < 1.29 is 14.3 Å². The van der Waals surface area contributed by atoms with Gasteiger partial charge in [0.1, 0.15) is 6.61 Å². The van der Waals surface area contributed by atoms with Crippen LogP contribution in [0.5, 0.6) is 0 Å². The van der Waals surface area contributed by atoms with Gasteiger partial charge in [-0.05, 0) is 0 Å². The predicted molar refractivity (Wildman–Crippen MR) is 30.4 cm³/mol. The van der Waals surface area contributed by atoms with Crippen molar-refractivity contribution in [3.8, 4) is 0 Å². The molecule has 52 valence electrons. The van der Waals surface area contributed by atoms with E-state index in [0.717, 1.165) is 0 Å². The normalized spacial score (nSPS) is 8.56. The van der Waals surface area contributed by atoms with Crippen LogP contribution >= 0.6 is 0 Å². The van der Waals surface area contributed by atoms with Gasteiger partial charge in [0.2, 0.25) is 5.91 Å². The zero-order valence-electron chi connectivity index (χ0n) is 5.22. The van der Waals surface area contributed by atoms with Crippen LogP contribution in [0.1, 0.15) is 13.3 Å². The summed E-state index contributed by atoms with van der Waals surface area (Å²) in [5, 5.41) is 0. The summed E-state index contributed by atoms with van der Waals surface area (Å²) in [7, 11) is 0. The highest BCUT2D eigenvalue weighted by molar-refractivity contribution is 5.74. The Kier molecular flexibility index (Phi) is 3.43. The van der Waals surface area contributed by atoms with Crippen molar-refractivity contribution in [2.24, 2.45) is 5.73 Å². The summed E-state index contributed by atoms with van der Waals surface area (Å²) in [6.45, 7) is 1.37. The van der Waals surface area contributed by atoms with Crippen LogP contribution in [0.25, 0.3) is 0 Å². The quantitative estimate of drug-likeness (QED) is 0.521. The third-order valence-corrected chi connectivity index (χ3v) is 0.654. The van der Waals surface area contributed by atoms with Crippen molar-refractivity contribution in [1.29, 1.82) is 0 Å². The molecule has 0 aromatic rings. The zero-order chi connectivity index (χ0) is 7.28. The number of rotatable bonds is 3. The van der Waals surface area contributed by atoms with Crippen LogP contribution in [-0.2, 0) is 14.3 Å². The van der Waals surface area contributed by atoms with E-state index in [1.165, 1.54) is 6.92 Å². The van der Waals surface area contributed by atoms with Crippen LogP contribution in [0.4, 0.5) is 0 Å². The highest BCUT2D eigenvalue weighted by Gasteiger charge is 1.95. The van der Waals surface area contributed by atoms with Crippen LogP contribution in [0.2, 0.25) is 0 Å². The van der Waals surface area contributed by atoms with Gasteiger partial charge in [-0.15, -0.1) is 0 Å². The van der Waals surface area contributed by atoms with E-state index in [1.54, 1.807) is 0 Å². The molecule has 0 saturated carbocycles. The number of ether oxygens (including phenoxy) is 1. The van der Waals surface area contributed by atoms with Crippen LogP contribution in [0.3, 0.4) is 0 Å². The number of esters is 1. The van der Waals surface area contributed by atoms with Crippen LogP contribution in [0, 0.1) is 0 Å². The van der Waals surface area contributed by atoms with Crippen LogP contribution in [-0.4, -0.2) is 18.5 Å². The molecule has 0 aliphatic heterocycles. The molecule has 0 fully saturated rings. The summed E-state index contributed by atoms with van der Waals surface area (Å²) < 4.78 is 4.41. The highest BCUT2D eigenvalue weighted by Crippen LogP contribution is 1.80. The molecule has 4 heteroatoms. The molecule has 1 amide bonds. The minimum absolute atomic E-state index is 0.0880. The van der Waals surface area contributed by atoms with Crippen molar-refractivity contribution >= 4 is 11.9 Å². The smallest absolute Gasteiger partial charge is 0.302 e. The van der Waals surface area contributed by atoms with E-state index >= 15 is 0 Å². The third kappa shape index (κ3) is 6.94. The molecule has 0 rings (SSSR count). The molecule has 0 unspecified atom stereocenters. The van der Waals surface area contributed by atoms with Gasteiger partial charge in [0.25, 0.3) is 0 Å². The van der Waals surface area contributed by atoms with Gasteiger partial charge in [0.05, 0.1) is 6.42 Å². The van der Waals surface area contributed by atoms with Crippen molar-refractivity contribution in [2.45, 2.75) is 13.3 Å². The Bertz CT molecular complexity index is 107. The fourth-order valence-electron chi connectivity index (χ4n) is 0.295. The maximum Gasteiger partial charge on any atom is 0.302 e. The molecular formula is C5H9NO3. The van der Waals surface area contributed by atoms with Crippen LogP contribution < -0.4 is 5.73 Å². The number of amides is 1. The number of nitrogens with two attached hydrogens (primary N) is 1. The van der Waals surface area contributed by atoms with Gasteiger partial charge in [-0.2, -0.15) is 0 Å². The lowest BCUT2D eigenvalue weighted by atomic mass is 10.4. The Labute approximate surface area is 53.0 Å². The van der Waals surface area contributed by atoms with Gasteiger partial charge in [0, 0.05) is 6.92 Å². The van der Waals surface area contributed by atoms with Gasteiger partial charge in [0.15, 0.2) is 0 Å². The van der Waals surface area contributed by atoms with Crippen molar-refractivity contribution in [3.63, 3.8) is 0 Å². The van der Waals surface area contributed by atoms with Gasteiger partial charge in [-0.3, -0.25) is 9.59 Å². The van der Waals surface area contributed by atoms with E-state index in [1.807, 2.05) is 0 Å². The third-order valence-electron chi connectivity index (χ3n) is 0.654. The second kappa shape index (κ2) is 3.88. The van der Waals surface area contributed by atoms with E-state index in [2.05, 4.69) is 4.74 Å². The second-order valence-corrected chi connectivity index (χ2v) is 1.56. The summed E-state index contributed by atoms with van der Waals surface area (Å²) in [5.41, 5.74) is 4.75. The van der Waals surface area contributed by atoms with Gasteiger partial charge in [-0.25, -0.2) is 0 Å². The predicted octanol–water partition coefficient (Wildman–Crippen LogP) is -0.575. The number of primary amides is 1. The first-order valence-corrected chi connectivity index (χ1v) is 2.54. The molecule has 4 nitrogen and oxygen atoms in total. The number of hydrogen-bond donors (Lipinski definition) is 1. The first-order valence-electron chi connectivity index (χ1n) is 2.54. The Balaban J connectivity index is 3.10. The number of carbonyl (C=O) groups excluding carboxylic acids is 2. The van der Waals surface area contributed by atoms with E-state index < -0.39 is 11.9 Å². The highest BCUT2D eigenvalue weighted by atomic mass is 16.5. The molecule has 0 aromatic carbocycles. The lowest BCUT2D eigenvalue weighted by Gasteiger charge is -1.96. The summed E-state index contributed by atoms with van der Waals surface area (Å²) in [4.78, 5) is 20.1. The monoisotopic (exact) mass is 131 g/mol. The average Bonchev–Trinajstić information content (AvgIpc) is 1.63. The Morgan fingerprint density at radius 1 is 1.56 bits per heavy atom. The maximum atomic E-state index is 10.1. The fraction of sp³-hybridized carbons (Fsp3) is 0.600. The molecule has 0 atom stereocenters. The summed E-state index contributed by atoms with van der Waals surface area (Å²) in [6.07, 6.45) is 0.0968. The lowest BCUT2D eigenvalue weighted by Crippen LogP contribution is -2.14. The summed E-state index contributed by atoms with van der Waals surface area (Å²) >= 11 is 0. The standard InChI is InChI=1S/C5H9NO3/c1-4(7)9-3-2-5(6)8/h2-3H2,1H3,(H2,6,8). The number of hydrogen-bond acceptors (Lipinski definition) is 3. The first kappa shape index (κ1) is 7.94. The summed E-state index contributed by atoms with van der Waals surface area (Å²) in [5.74, 6) is -0.854. The van der Waals surface area contributed by atoms with Gasteiger partial charge >= 0.3 is 5.97 Å². The molecular weight excluding hydrogens is 122 g/mol. The van der Waals surface area contributed by atoms with E-state index in [0.29, 0.717) is 0 Å². The Hall–Kier alpha value is -1.06. The minimum Gasteiger partial charge on any atom is -0.465 e. The largest absolute Gasteiger partial charge is 0.465 e. The molecule has 2 N–H and O–H groups in total. The Morgan fingerprint density at radius 3 is 2.44 bits per heavy atom. The Morgan fingerprint density at radius 2 is 2.11 bits per heavy atom. The molecule has 0 heterocycles. The van der Waals surface area contributed by atoms with Crippen LogP contribution in [0.15, 0.2) is 0 Å². The molecule has 9 heavy (non-hydrogen) atoms. The average molecular weight is 131 g/mol.